The van der Waals surface area contributed by atoms with Gasteiger partial charge in [0.25, 0.3) is 0 Å². The Kier molecular flexibility index (Phi) is 5.68. The zero-order valence-corrected chi connectivity index (χ0v) is 14.7. The van der Waals surface area contributed by atoms with Gasteiger partial charge in [-0.05, 0) is 50.2 Å². The molecule has 1 fully saturated rings. The number of rotatable bonds is 5. The van der Waals surface area contributed by atoms with Gasteiger partial charge in [0, 0.05) is 30.9 Å². The fraction of sp³-hybridized carbons (Fsp3) is 0.350. The molecule has 2 aromatic carbocycles. The molecule has 5 nitrogen and oxygen atoms in total. The molecule has 1 amide bonds. The third-order valence-electron chi connectivity index (χ3n) is 4.12. The fourth-order valence-corrected chi connectivity index (χ4v) is 3.20. The maximum Gasteiger partial charge on any atom is 0.238 e. The lowest BCUT2D eigenvalue weighted by Gasteiger charge is -2.35. The van der Waals surface area contributed by atoms with Crippen molar-refractivity contribution in [1.29, 1.82) is 0 Å². The molecule has 0 saturated carbocycles. The first-order valence-electron chi connectivity index (χ1n) is 8.70. The van der Waals surface area contributed by atoms with E-state index < -0.39 is 0 Å². The SMILES string of the molecule is CC1CN(CC(=O)Nc2ccc(Oc3ccccc3)cc2)CC(C)N1. The Hall–Kier alpha value is -2.37. The lowest BCUT2D eigenvalue weighted by Crippen LogP contribution is -2.55. The van der Waals surface area contributed by atoms with Crippen LogP contribution in [-0.4, -0.2) is 42.5 Å². The molecule has 5 heteroatoms. The number of amides is 1. The van der Waals surface area contributed by atoms with Crippen LogP contribution in [0.3, 0.4) is 0 Å². The van der Waals surface area contributed by atoms with Crippen LogP contribution in [0.1, 0.15) is 13.8 Å². The average Bonchev–Trinajstić information content (AvgIpc) is 2.56. The average molecular weight is 339 g/mol. The second-order valence-corrected chi connectivity index (χ2v) is 6.65. The van der Waals surface area contributed by atoms with Crippen molar-refractivity contribution >= 4 is 11.6 Å². The third-order valence-corrected chi connectivity index (χ3v) is 4.12. The Bertz CT molecular complexity index is 678. The number of benzene rings is 2. The van der Waals surface area contributed by atoms with Crippen molar-refractivity contribution in [3.63, 3.8) is 0 Å². The number of para-hydroxylation sites is 1. The summed E-state index contributed by atoms with van der Waals surface area (Å²) < 4.78 is 5.76. The molecule has 2 atom stereocenters. The molecule has 0 bridgehead atoms. The highest BCUT2D eigenvalue weighted by Gasteiger charge is 2.22. The van der Waals surface area contributed by atoms with E-state index in [-0.39, 0.29) is 5.91 Å². The van der Waals surface area contributed by atoms with Crippen LogP contribution in [0.25, 0.3) is 0 Å². The highest BCUT2D eigenvalue weighted by Crippen LogP contribution is 2.22. The number of carbonyl (C=O) groups is 1. The van der Waals surface area contributed by atoms with Crippen LogP contribution in [0, 0.1) is 0 Å². The van der Waals surface area contributed by atoms with Gasteiger partial charge in [0.15, 0.2) is 0 Å². The molecule has 1 saturated heterocycles. The molecule has 1 aliphatic heterocycles. The largest absolute Gasteiger partial charge is 0.457 e. The molecule has 1 heterocycles. The van der Waals surface area contributed by atoms with Gasteiger partial charge < -0.3 is 15.4 Å². The van der Waals surface area contributed by atoms with Gasteiger partial charge in [-0.3, -0.25) is 9.69 Å². The van der Waals surface area contributed by atoms with E-state index in [0.717, 1.165) is 30.3 Å². The maximum atomic E-state index is 12.3. The normalized spacial score (nSPS) is 20.9. The predicted octanol–water partition coefficient (Wildman–Crippen LogP) is 3.10. The van der Waals surface area contributed by atoms with Crippen molar-refractivity contribution in [1.82, 2.24) is 10.2 Å². The zero-order chi connectivity index (χ0) is 17.6. The molecule has 2 unspecified atom stereocenters. The molecule has 0 radical (unpaired) electrons. The summed E-state index contributed by atoms with van der Waals surface area (Å²) in [6.45, 7) is 6.49. The summed E-state index contributed by atoms with van der Waals surface area (Å²) in [6, 6.07) is 17.9. The van der Waals surface area contributed by atoms with Crippen LogP contribution < -0.4 is 15.4 Å². The summed E-state index contributed by atoms with van der Waals surface area (Å²) in [5, 5.41) is 6.42. The van der Waals surface area contributed by atoms with E-state index in [9.17, 15) is 4.79 Å². The van der Waals surface area contributed by atoms with Crippen molar-refractivity contribution < 1.29 is 9.53 Å². The lowest BCUT2D eigenvalue weighted by molar-refractivity contribution is -0.117. The van der Waals surface area contributed by atoms with Gasteiger partial charge in [-0.15, -0.1) is 0 Å². The molecule has 3 rings (SSSR count). The van der Waals surface area contributed by atoms with Crippen LogP contribution in [-0.2, 0) is 4.79 Å². The molecule has 0 spiro atoms. The van der Waals surface area contributed by atoms with Crippen LogP contribution in [0.4, 0.5) is 5.69 Å². The van der Waals surface area contributed by atoms with E-state index in [2.05, 4.69) is 29.4 Å². The van der Waals surface area contributed by atoms with E-state index in [0.29, 0.717) is 18.6 Å². The fourth-order valence-electron chi connectivity index (χ4n) is 3.20. The third kappa shape index (κ3) is 5.31. The summed E-state index contributed by atoms with van der Waals surface area (Å²) in [7, 11) is 0. The van der Waals surface area contributed by atoms with Crippen molar-refractivity contribution in [3.8, 4) is 11.5 Å². The molecule has 25 heavy (non-hydrogen) atoms. The van der Waals surface area contributed by atoms with E-state index in [4.69, 9.17) is 4.74 Å². The van der Waals surface area contributed by atoms with Crippen molar-refractivity contribution in [2.75, 3.05) is 25.0 Å². The first kappa shape index (κ1) is 17.5. The minimum absolute atomic E-state index is 0.0121. The van der Waals surface area contributed by atoms with Gasteiger partial charge in [-0.2, -0.15) is 0 Å². The second kappa shape index (κ2) is 8.14. The zero-order valence-electron chi connectivity index (χ0n) is 14.7. The Morgan fingerprint density at radius 2 is 1.64 bits per heavy atom. The summed E-state index contributed by atoms with van der Waals surface area (Å²) in [5.74, 6) is 1.55. The molecular formula is C20H25N3O2. The highest BCUT2D eigenvalue weighted by molar-refractivity contribution is 5.92. The van der Waals surface area contributed by atoms with Crippen LogP contribution >= 0.6 is 0 Å². The minimum atomic E-state index is 0.0121. The lowest BCUT2D eigenvalue weighted by atomic mass is 10.1. The summed E-state index contributed by atoms with van der Waals surface area (Å²) in [6.07, 6.45) is 0. The monoisotopic (exact) mass is 339 g/mol. The number of hydrogen-bond donors (Lipinski definition) is 2. The first-order chi connectivity index (χ1) is 12.1. The van der Waals surface area contributed by atoms with E-state index in [1.165, 1.54) is 0 Å². The van der Waals surface area contributed by atoms with Gasteiger partial charge in [0.1, 0.15) is 11.5 Å². The van der Waals surface area contributed by atoms with Gasteiger partial charge >= 0.3 is 0 Å². The predicted molar refractivity (Wildman–Crippen MR) is 100 cm³/mol. The van der Waals surface area contributed by atoms with Crippen molar-refractivity contribution in [3.05, 3.63) is 54.6 Å². The van der Waals surface area contributed by atoms with Gasteiger partial charge in [0.05, 0.1) is 6.54 Å². The number of anilines is 1. The number of nitrogens with zero attached hydrogens (tertiary/aromatic N) is 1. The number of piperazine rings is 1. The Labute approximate surface area is 149 Å². The van der Waals surface area contributed by atoms with Gasteiger partial charge in [-0.25, -0.2) is 0 Å². The summed E-state index contributed by atoms with van der Waals surface area (Å²) >= 11 is 0. The minimum Gasteiger partial charge on any atom is -0.457 e. The molecule has 2 aromatic rings. The maximum absolute atomic E-state index is 12.3. The van der Waals surface area contributed by atoms with E-state index in [1.807, 2.05) is 54.6 Å². The smallest absolute Gasteiger partial charge is 0.238 e. The quantitative estimate of drug-likeness (QED) is 0.879. The van der Waals surface area contributed by atoms with Crippen LogP contribution in [0.5, 0.6) is 11.5 Å². The van der Waals surface area contributed by atoms with Crippen molar-refractivity contribution in [2.24, 2.45) is 0 Å². The number of nitrogens with one attached hydrogen (secondary N) is 2. The summed E-state index contributed by atoms with van der Waals surface area (Å²) in [4.78, 5) is 14.5. The second-order valence-electron chi connectivity index (χ2n) is 6.65. The molecular weight excluding hydrogens is 314 g/mol. The topological polar surface area (TPSA) is 53.6 Å². The van der Waals surface area contributed by atoms with Gasteiger partial charge in [0.2, 0.25) is 5.91 Å². The Morgan fingerprint density at radius 3 is 2.28 bits per heavy atom. The number of hydrogen-bond acceptors (Lipinski definition) is 4. The highest BCUT2D eigenvalue weighted by atomic mass is 16.5. The molecule has 2 N–H and O–H groups in total. The van der Waals surface area contributed by atoms with E-state index in [1.54, 1.807) is 0 Å². The first-order valence-corrected chi connectivity index (χ1v) is 8.70. The molecule has 0 aromatic heterocycles. The molecule has 1 aliphatic rings. The standard InChI is InChI=1S/C20H25N3O2/c1-15-12-23(13-16(2)21-15)14-20(24)22-17-8-10-19(11-9-17)25-18-6-4-3-5-7-18/h3-11,15-16,21H,12-14H2,1-2H3,(H,22,24). The molecule has 0 aliphatic carbocycles. The van der Waals surface area contributed by atoms with Crippen LogP contribution in [0.2, 0.25) is 0 Å². The van der Waals surface area contributed by atoms with Crippen molar-refractivity contribution in [2.45, 2.75) is 25.9 Å². The Morgan fingerprint density at radius 1 is 1.04 bits per heavy atom. The Balaban J connectivity index is 1.51. The van der Waals surface area contributed by atoms with Crippen LogP contribution in [0.15, 0.2) is 54.6 Å². The summed E-state index contributed by atoms with van der Waals surface area (Å²) in [5.41, 5.74) is 0.779. The number of carbonyl (C=O) groups excluding carboxylic acids is 1. The number of ether oxygens (including phenoxy) is 1. The van der Waals surface area contributed by atoms with E-state index >= 15 is 0 Å². The van der Waals surface area contributed by atoms with Gasteiger partial charge in [-0.1, -0.05) is 18.2 Å². The molecule has 132 valence electrons.